The van der Waals surface area contributed by atoms with Gasteiger partial charge in [0, 0.05) is 11.8 Å². The van der Waals surface area contributed by atoms with Crippen molar-refractivity contribution < 1.29 is 14.3 Å². The molecular weight excluding hydrogens is 376 g/mol. The zero-order chi connectivity index (χ0) is 18.9. The van der Waals surface area contributed by atoms with Crippen LogP contribution in [0.3, 0.4) is 0 Å². The zero-order valence-electron chi connectivity index (χ0n) is 14.7. The van der Waals surface area contributed by atoms with Crippen LogP contribution in [0.4, 0.5) is 5.13 Å². The number of aromatic nitrogens is 4. The van der Waals surface area contributed by atoms with Crippen LogP contribution < -0.4 is 11.2 Å². The average molecular weight is 399 g/mol. The molecule has 2 heterocycles. The third kappa shape index (κ3) is 5.99. The Hall–Kier alpha value is -2.14. The molecule has 0 aliphatic carbocycles. The number of esters is 1. The Kier molecular flexibility index (Phi) is 7.85. The number of nitrogens with two attached hydrogens (primary N) is 1. The fourth-order valence-corrected chi connectivity index (χ4v) is 3.40. The summed E-state index contributed by atoms with van der Waals surface area (Å²) in [5.41, 5.74) is 0.568. The van der Waals surface area contributed by atoms with E-state index in [-0.39, 0.29) is 24.1 Å². The minimum atomic E-state index is -0.340. The van der Waals surface area contributed by atoms with Crippen LogP contribution in [-0.2, 0) is 27.2 Å². The number of nitrogens with zero attached hydrogens (tertiary/aromatic N) is 4. The summed E-state index contributed by atoms with van der Waals surface area (Å²) in [6.45, 7) is 4.17. The topological polar surface area (TPSA) is 125 Å². The first-order chi connectivity index (χ1) is 12.5. The van der Waals surface area contributed by atoms with Gasteiger partial charge in [-0.1, -0.05) is 25.1 Å². The summed E-state index contributed by atoms with van der Waals surface area (Å²) in [5.74, 6) is 6.21. The number of ether oxygens (including phenoxy) is 1. The van der Waals surface area contributed by atoms with E-state index in [0.717, 1.165) is 19.3 Å². The van der Waals surface area contributed by atoms with Gasteiger partial charge in [-0.15, -0.1) is 21.5 Å². The fraction of sp³-hybridized carbons (Fsp3) is 0.533. The first-order valence-electron chi connectivity index (χ1n) is 8.25. The molecule has 0 spiro atoms. The van der Waals surface area contributed by atoms with E-state index in [2.05, 4.69) is 27.4 Å². The Morgan fingerprint density at radius 3 is 2.92 bits per heavy atom. The van der Waals surface area contributed by atoms with E-state index < -0.39 is 0 Å². The van der Waals surface area contributed by atoms with Gasteiger partial charge in [-0.3, -0.25) is 9.59 Å². The third-order valence-electron chi connectivity index (χ3n) is 3.25. The molecule has 0 atom stereocenters. The van der Waals surface area contributed by atoms with E-state index in [1.165, 1.54) is 27.8 Å². The first-order valence-corrected chi connectivity index (χ1v) is 10.1. The maximum absolute atomic E-state index is 12.1. The van der Waals surface area contributed by atoms with E-state index in [4.69, 9.17) is 10.6 Å². The summed E-state index contributed by atoms with van der Waals surface area (Å²) in [7, 11) is 0. The largest absolute Gasteiger partial charge is 0.466 e. The molecule has 0 unspecified atom stereocenters. The molecule has 0 fully saturated rings. The molecular formula is C15H22N6O3S2. The van der Waals surface area contributed by atoms with E-state index >= 15 is 0 Å². The number of carbonyl (C=O) groups is 2. The second kappa shape index (κ2) is 10.1. The van der Waals surface area contributed by atoms with Crippen molar-refractivity contribution in [3.8, 4) is 0 Å². The van der Waals surface area contributed by atoms with Crippen LogP contribution in [0.5, 0.6) is 0 Å². The summed E-state index contributed by atoms with van der Waals surface area (Å²) in [5, 5.41) is 13.4. The molecule has 0 bridgehead atoms. The lowest BCUT2D eigenvalue weighted by Gasteiger charge is -2.03. The number of hydrogen-bond donors (Lipinski definition) is 2. The molecule has 11 heteroatoms. The van der Waals surface area contributed by atoms with Crippen molar-refractivity contribution in [1.82, 2.24) is 19.9 Å². The summed E-state index contributed by atoms with van der Waals surface area (Å²) >= 11 is 2.47. The molecule has 0 saturated heterocycles. The van der Waals surface area contributed by atoms with Crippen molar-refractivity contribution in [1.29, 1.82) is 0 Å². The maximum atomic E-state index is 12.1. The number of aryl methyl sites for hydroxylation is 1. The highest BCUT2D eigenvalue weighted by Crippen LogP contribution is 2.19. The summed E-state index contributed by atoms with van der Waals surface area (Å²) in [4.78, 5) is 27.7. The second-order valence-corrected chi connectivity index (χ2v) is 7.14. The minimum absolute atomic E-state index is 0.0891. The van der Waals surface area contributed by atoms with E-state index in [0.29, 0.717) is 28.4 Å². The molecule has 0 saturated carbocycles. The molecule has 26 heavy (non-hydrogen) atoms. The van der Waals surface area contributed by atoms with Crippen molar-refractivity contribution in [2.45, 2.75) is 44.7 Å². The highest BCUT2D eigenvalue weighted by atomic mass is 32.2. The minimum Gasteiger partial charge on any atom is -0.466 e. The Morgan fingerprint density at radius 2 is 2.19 bits per heavy atom. The van der Waals surface area contributed by atoms with Gasteiger partial charge in [0.2, 0.25) is 11.1 Å². The molecule has 2 aromatic heterocycles. The number of hydrogen-bond acceptors (Lipinski definition) is 9. The lowest BCUT2D eigenvalue weighted by Crippen LogP contribution is -2.17. The van der Waals surface area contributed by atoms with Gasteiger partial charge in [0.15, 0.2) is 11.0 Å². The molecule has 2 aromatic rings. The molecule has 3 N–H and O–H groups in total. The maximum Gasteiger partial charge on any atom is 0.311 e. The Balaban J connectivity index is 1.81. The van der Waals surface area contributed by atoms with Crippen LogP contribution in [0.2, 0.25) is 0 Å². The van der Waals surface area contributed by atoms with Gasteiger partial charge in [0.1, 0.15) is 0 Å². The van der Waals surface area contributed by atoms with Gasteiger partial charge in [-0.25, -0.2) is 9.66 Å². The monoisotopic (exact) mass is 398 g/mol. The van der Waals surface area contributed by atoms with Crippen LogP contribution in [0.25, 0.3) is 0 Å². The van der Waals surface area contributed by atoms with Gasteiger partial charge >= 0.3 is 5.97 Å². The van der Waals surface area contributed by atoms with Crippen molar-refractivity contribution in [2.75, 3.05) is 23.5 Å². The number of rotatable bonds is 10. The molecule has 1 amide bonds. The average Bonchev–Trinajstić information content (AvgIpc) is 3.18. The van der Waals surface area contributed by atoms with Crippen LogP contribution in [0, 0.1) is 0 Å². The predicted molar refractivity (Wildman–Crippen MR) is 101 cm³/mol. The van der Waals surface area contributed by atoms with Crippen LogP contribution in [0.15, 0.2) is 10.5 Å². The van der Waals surface area contributed by atoms with E-state index in [9.17, 15) is 9.59 Å². The third-order valence-corrected chi connectivity index (χ3v) is 5.00. The number of thiazole rings is 1. The number of nitrogen functional groups attached to an aromatic ring is 1. The van der Waals surface area contributed by atoms with Crippen LogP contribution >= 0.6 is 23.1 Å². The lowest BCUT2D eigenvalue weighted by atomic mass is 10.2. The number of unbranched alkanes of at least 4 members (excludes halogenated alkanes) is 1. The predicted octanol–water partition coefficient (Wildman–Crippen LogP) is 1.63. The van der Waals surface area contributed by atoms with Crippen molar-refractivity contribution in [3.05, 3.63) is 16.9 Å². The Morgan fingerprint density at radius 1 is 1.38 bits per heavy atom. The number of thioether (sulfide) groups is 1. The zero-order valence-corrected chi connectivity index (χ0v) is 16.4. The van der Waals surface area contributed by atoms with Gasteiger partial charge < -0.3 is 15.9 Å². The SMILES string of the molecule is CCCCc1nnc(SCC(=O)Nc2nc(CC(=O)OCC)cs2)n1N. The number of nitrogens with one attached hydrogen (secondary N) is 1. The molecule has 0 radical (unpaired) electrons. The Labute approximate surface area is 159 Å². The van der Waals surface area contributed by atoms with Crippen molar-refractivity contribution >= 4 is 40.1 Å². The number of amides is 1. The normalized spacial score (nSPS) is 10.7. The quantitative estimate of drug-likeness (QED) is 0.351. The summed E-state index contributed by atoms with van der Waals surface area (Å²) in [6, 6.07) is 0. The van der Waals surface area contributed by atoms with Crippen LogP contribution in [-0.4, -0.2) is 44.1 Å². The van der Waals surface area contributed by atoms with Gasteiger partial charge in [0.25, 0.3) is 0 Å². The molecule has 0 aliphatic rings. The lowest BCUT2D eigenvalue weighted by molar-refractivity contribution is -0.142. The number of carbonyl (C=O) groups excluding carboxylic acids is 2. The van der Waals surface area contributed by atoms with Gasteiger partial charge in [-0.05, 0) is 13.3 Å². The molecule has 0 aliphatic heterocycles. The highest BCUT2D eigenvalue weighted by molar-refractivity contribution is 7.99. The number of anilines is 1. The van der Waals surface area contributed by atoms with Crippen LogP contribution in [0.1, 0.15) is 38.2 Å². The van der Waals surface area contributed by atoms with E-state index in [1.54, 1.807) is 12.3 Å². The second-order valence-electron chi connectivity index (χ2n) is 5.34. The van der Waals surface area contributed by atoms with Gasteiger partial charge in [0.05, 0.1) is 24.5 Å². The molecule has 142 valence electrons. The summed E-state index contributed by atoms with van der Waals surface area (Å²) in [6.07, 6.45) is 2.88. The molecule has 2 rings (SSSR count). The highest BCUT2D eigenvalue weighted by Gasteiger charge is 2.14. The van der Waals surface area contributed by atoms with Crippen molar-refractivity contribution in [2.24, 2.45) is 0 Å². The van der Waals surface area contributed by atoms with Crippen molar-refractivity contribution in [3.63, 3.8) is 0 Å². The standard InChI is InChI=1S/C15H22N6O3S2/c1-3-5-6-11-19-20-15(21(11)16)26-9-12(22)18-14-17-10(8-25-14)7-13(23)24-4-2/h8H,3-7,9,16H2,1-2H3,(H,17,18,22). The summed E-state index contributed by atoms with van der Waals surface area (Å²) < 4.78 is 6.29. The smallest absolute Gasteiger partial charge is 0.311 e. The van der Waals surface area contributed by atoms with Gasteiger partial charge in [-0.2, -0.15) is 0 Å². The fourth-order valence-electron chi connectivity index (χ4n) is 2.00. The molecule has 0 aromatic carbocycles. The van der Waals surface area contributed by atoms with E-state index in [1.807, 2.05) is 0 Å². The first kappa shape index (κ1) is 20.2. The molecule has 9 nitrogen and oxygen atoms in total. The Bertz CT molecular complexity index is 746.